The number of amides is 4. The van der Waals surface area contributed by atoms with Crippen molar-refractivity contribution in [1.82, 2.24) is 19.9 Å². The van der Waals surface area contributed by atoms with Crippen LogP contribution in [0.2, 0.25) is 10.0 Å². The maximum Gasteiger partial charge on any atom is 0.417 e. The van der Waals surface area contributed by atoms with E-state index in [1.807, 2.05) is 20.4 Å². The van der Waals surface area contributed by atoms with Gasteiger partial charge in [-0.1, -0.05) is 23.2 Å². The Labute approximate surface area is 448 Å². The topological polar surface area (TPSA) is 160 Å². The second kappa shape index (κ2) is 22.1. The van der Waals surface area contributed by atoms with E-state index < -0.39 is 109 Å². The van der Waals surface area contributed by atoms with Crippen LogP contribution in [0.25, 0.3) is 22.1 Å². The number of rotatable bonds is 10. The van der Waals surface area contributed by atoms with E-state index in [1.54, 1.807) is 0 Å². The Morgan fingerprint density at radius 1 is 0.532 bits per heavy atom. The molecule has 0 unspecified atom stereocenters. The Hall–Kier alpha value is -8.46. The van der Waals surface area contributed by atoms with E-state index in [9.17, 15) is 22.8 Å². The summed E-state index contributed by atoms with van der Waals surface area (Å²) in [6.07, 6.45) is -2.11. The van der Waals surface area contributed by atoms with E-state index in [4.69, 9.17) is 42.1 Å². The molecule has 0 radical (unpaired) electrons. The second-order valence-corrected chi connectivity index (χ2v) is 17.9. The molecule has 28 heteroatoms. The van der Waals surface area contributed by atoms with Gasteiger partial charge in [0.2, 0.25) is 23.1 Å². The van der Waals surface area contributed by atoms with Gasteiger partial charge in [-0.15, -0.1) is 0 Å². The highest BCUT2D eigenvalue weighted by Gasteiger charge is 2.37. The maximum absolute atomic E-state index is 16.6. The molecule has 16 nitrogen and oxygen atoms in total. The number of hydrogen-bond donors (Lipinski definition) is 2. The lowest BCUT2D eigenvalue weighted by Crippen LogP contribution is -2.54. The lowest BCUT2D eigenvalue weighted by molar-refractivity contribution is -0.137. The van der Waals surface area contributed by atoms with E-state index in [1.165, 1.54) is 48.8 Å². The van der Waals surface area contributed by atoms with Gasteiger partial charge in [-0.05, 0) is 54.6 Å². The molecule has 10 rings (SSSR count). The standard InChI is InChI=1S/C51H34Cl2F10N10O6/c52-30-6-2-26(18-32(30)54)73(50(75)69-40-22-34(56)44(58)48(46(40)60)79-28-4-8-36-38(20-28)67-42(24-65-36)71-11-15-77-16-12-71)72(25-1-5-29(31(53)17-25)51(61,62)63)49(74)68-39-21-33(55)43(57)47(45(39)59)78-27-3-7-35-37(19-27)66-41(23-64-35)70-9-13-76-14-10-70/h1-8,17-24H,9-16H2,(H,68,74)(H,69,75). The number of nitrogens with one attached hydrogen (secondary N) is 2. The van der Waals surface area contributed by atoms with Crippen molar-refractivity contribution in [3.63, 3.8) is 0 Å². The smallest absolute Gasteiger partial charge is 0.417 e. The summed E-state index contributed by atoms with van der Waals surface area (Å²) < 4.78 is 175. The van der Waals surface area contributed by atoms with Gasteiger partial charge in [0.1, 0.15) is 29.0 Å². The van der Waals surface area contributed by atoms with Crippen LogP contribution in [0.3, 0.4) is 0 Å². The summed E-state index contributed by atoms with van der Waals surface area (Å²) in [5, 5.41) is 2.26. The molecule has 2 fully saturated rings. The van der Waals surface area contributed by atoms with Crippen LogP contribution in [0.1, 0.15) is 5.56 Å². The number of halogens is 12. The molecule has 2 aliphatic rings. The van der Waals surface area contributed by atoms with Crippen LogP contribution in [-0.2, 0) is 15.7 Å². The summed E-state index contributed by atoms with van der Waals surface area (Å²) in [6, 6.07) is 7.91. The molecule has 2 N–H and O–H groups in total. The van der Waals surface area contributed by atoms with Crippen LogP contribution in [0.4, 0.5) is 87.9 Å². The molecule has 6 aromatic carbocycles. The number of hydrazine groups is 1. The van der Waals surface area contributed by atoms with Crippen molar-refractivity contribution in [3.8, 4) is 23.0 Å². The number of alkyl halides is 3. The summed E-state index contributed by atoms with van der Waals surface area (Å²) in [4.78, 5) is 50.9. The fourth-order valence-electron chi connectivity index (χ4n) is 8.20. The molecular weight excluding hydrogens is 1110 g/mol. The molecule has 0 spiro atoms. The van der Waals surface area contributed by atoms with Crippen molar-refractivity contribution in [2.45, 2.75) is 6.18 Å². The van der Waals surface area contributed by atoms with Crippen molar-refractivity contribution in [2.24, 2.45) is 0 Å². The Balaban J connectivity index is 1.01. The molecular formula is C51H34Cl2F10N10O6. The molecule has 79 heavy (non-hydrogen) atoms. The number of hydrogen-bond acceptors (Lipinski definition) is 12. The van der Waals surface area contributed by atoms with Gasteiger partial charge < -0.3 is 39.4 Å². The maximum atomic E-state index is 16.6. The zero-order chi connectivity index (χ0) is 55.9. The summed E-state index contributed by atoms with van der Waals surface area (Å²) >= 11 is 12.0. The minimum absolute atomic E-state index is 0.0792. The van der Waals surface area contributed by atoms with Crippen LogP contribution in [-0.4, -0.2) is 84.6 Å². The van der Waals surface area contributed by atoms with Gasteiger partial charge in [-0.25, -0.2) is 41.5 Å². The highest BCUT2D eigenvalue weighted by atomic mass is 35.5. The minimum Gasteiger partial charge on any atom is -0.451 e. The van der Waals surface area contributed by atoms with Crippen LogP contribution >= 0.6 is 23.2 Å². The summed E-state index contributed by atoms with van der Waals surface area (Å²) in [5.74, 6) is -15.0. The SMILES string of the molecule is O=C(Nc1cc(F)c(F)c(Oc2ccc3ncc(N4CCOCC4)nc3c2)c1F)N(c1ccc(Cl)c(F)c1)N(C(=O)Nc1cc(F)c(F)c(Oc2ccc3ncc(N4CCOCC4)nc3c2)c1F)c1ccc(C(F)(F)F)c(Cl)c1. The third-order valence-corrected chi connectivity index (χ3v) is 12.7. The second-order valence-electron chi connectivity index (χ2n) is 17.1. The predicted octanol–water partition coefficient (Wildman–Crippen LogP) is 12.8. The van der Waals surface area contributed by atoms with E-state index >= 15 is 30.7 Å². The first-order valence-corrected chi connectivity index (χ1v) is 24.0. The molecule has 0 saturated carbocycles. The zero-order valence-corrected chi connectivity index (χ0v) is 41.5. The zero-order valence-electron chi connectivity index (χ0n) is 40.0. The normalized spacial score (nSPS) is 13.9. The Kier molecular flexibility index (Phi) is 15.1. The molecule has 2 saturated heterocycles. The van der Waals surface area contributed by atoms with Gasteiger partial charge >= 0.3 is 18.2 Å². The van der Waals surface area contributed by atoms with Gasteiger partial charge in [0.15, 0.2) is 23.3 Å². The number of carbonyl (C=O) groups excluding carboxylic acids is 2. The van der Waals surface area contributed by atoms with Gasteiger partial charge in [-0.2, -0.15) is 32.0 Å². The highest BCUT2D eigenvalue weighted by molar-refractivity contribution is 6.32. The monoisotopic (exact) mass is 1140 g/mol. The molecule has 0 aliphatic carbocycles. The number of carbonyl (C=O) groups is 2. The molecule has 0 bridgehead atoms. The Bertz CT molecular complexity index is 3710. The van der Waals surface area contributed by atoms with E-state index in [2.05, 4.69) is 19.9 Å². The van der Waals surface area contributed by atoms with E-state index in [0.29, 0.717) is 99.5 Å². The average Bonchev–Trinajstić information content (AvgIpc) is 3.55. The molecule has 4 amide bonds. The average molecular weight is 1140 g/mol. The summed E-state index contributed by atoms with van der Waals surface area (Å²) in [6.45, 7) is 3.60. The van der Waals surface area contributed by atoms with Crippen LogP contribution in [0.5, 0.6) is 23.0 Å². The number of benzene rings is 6. The molecule has 0 atom stereocenters. The quantitative estimate of drug-likeness (QED) is 0.0759. The van der Waals surface area contributed by atoms with Crippen molar-refractivity contribution in [2.75, 3.05) is 83.1 Å². The third-order valence-electron chi connectivity index (χ3n) is 12.1. The van der Waals surface area contributed by atoms with E-state index in [0.717, 1.165) is 12.1 Å². The molecule has 8 aromatic rings. The number of nitrogens with zero attached hydrogens (tertiary/aromatic N) is 8. The fourth-order valence-corrected chi connectivity index (χ4v) is 8.60. The van der Waals surface area contributed by atoms with Crippen LogP contribution in [0, 0.1) is 40.7 Å². The lowest BCUT2D eigenvalue weighted by atomic mass is 10.2. The van der Waals surface area contributed by atoms with Crippen molar-refractivity contribution < 1.29 is 72.4 Å². The highest BCUT2D eigenvalue weighted by Crippen LogP contribution is 2.41. The first-order valence-electron chi connectivity index (χ1n) is 23.2. The number of ether oxygens (including phenoxy) is 4. The number of morpholine rings is 2. The van der Waals surface area contributed by atoms with Crippen LogP contribution < -0.4 is 39.9 Å². The Morgan fingerprint density at radius 2 is 0.975 bits per heavy atom. The van der Waals surface area contributed by atoms with Gasteiger partial charge in [-0.3, -0.25) is 9.97 Å². The fraction of sp³-hybridized carbons (Fsp3) is 0.176. The lowest BCUT2D eigenvalue weighted by Gasteiger charge is -2.35. The number of anilines is 6. The number of aromatic nitrogens is 4. The van der Waals surface area contributed by atoms with Crippen molar-refractivity contribution in [1.29, 1.82) is 0 Å². The van der Waals surface area contributed by atoms with Gasteiger partial charge in [0, 0.05) is 56.5 Å². The first-order chi connectivity index (χ1) is 37.8. The van der Waals surface area contributed by atoms with Crippen LogP contribution in [0.15, 0.2) is 97.3 Å². The number of fused-ring (bicyclic) bond motifs is 2. The van der Waals surface area contributed by atoms with Crippen molar-refractivity contribution in [3.05, 3.63) is 154 Å². The molecule has 408 valence electrons. The first kappa shape index (κ1) is 53.9. The molecule has 4 heterocycles. The summed E-state index contributed by atoms with van der Waals surface area (Å²) in [7, 11) is 0. The molecule has 2 aromatic heterocycles. The van der Waals surface area contributed by atoms with Gasteiger partial charge in [0.25, 0.3) is 0 Å². The predicted molar refractivity (Wildman–Crippen MR) is 269 cm³/mol. The van der Waals surface area contributed by atoms with Gasteiger partial charge in [0.05, 0.1) is 99.2 Å². The Morgan fingerprint density at radius 3 is 1.41 bits per heavy atom. The summed E-state index contributed by atoms with van der Waals surface area (Å²) in [5.41, 5.74) is -4.52. The third kappa shape index (κ3) is 11.3. The molecule has 2 aliphatic heterocycles. The van der Waals surface area contributed by atoms with Crippen molar-refractivity contribution >= 4 is 91.7 Å². The number of urea groups is 2. The minimum atomic E-state index is -5.12. The largest absolute Gasteiger partial charge is 0.451 e. The van der Waals surface area contributed by atoms with E-state index in [-0.39, 0.29) is 44.7 Å².